The molecular formula is C53H55F2N7O7. The number of aromatic nitrogens is 2. The molecule has 0 radical (unpaired) electrons. The highest BCUT2D eigenvalue weighted by Gasteiger charge is 2.45. The van der Waals surface area contributed by atoms with Crippen LogP contribution in [-0.2, 0) is 23.4 Å². The van der Waals surface area contributed by atoms with E-state index in [1.165, 1.54) is 56.4 Å². The van der Waals surface area contributed by atoms with Crippen LogP contribution in [0.4, 0.5) is 25.0 Å². The van der Waals surface area contributed by atoms with Crippen molar-refractivity contribution in [3.63, 3.8) is 0 Å². The van der Waals surface area contributed by atoms with Gasteiger partial charge in [0.05, 0.1) is 35.3 Å². The third-order valence-electron chi connectivity index (χ3n) is 14.5. The smallest absolute Gasteiger partial charge is 0.328 e. The van der Waals surface area contributed by atoms with Crippen LogP contribution in [0, 0.1) is 29.9 Å². The first-order valence-corrected chi connectivity index (χ1v) is 23.2. The van der Waals surface area contributed by atoms with Gasteiger partial charge in [0, 0.05) is 80.5 Å². The minimum Gasteiger partial charge on any atom is -0.495 e. The number of nitrogens with zero attached hydrogens (tertiary/aromatic N) is 5. The van der Waals surface area contributed by atoms with Crippen LogP contribution in [0.2, 0.25) is 0 Å². The third kappa shape index (κ3) is 9.48. The summed E-state index contributed by atoms with van der Waals surface area (Å²) in [6.45, 7) is 8.42. The molecule has 0 saturated carbocycles. The molecule has 69 heavy (non-hydrogen) atoms. The minimum absolute atomic E-state index is 0.0443. The molecule has 3 fully saturated rings. The van der Waals surface area contributed by atoms with Crippen LogP contribution < -0.4 is 20.3 Å². The van der Waals surface area contributed by atoms with Crippen molar-refractivity contribution >= 4 is 46.8 Å². The number of hydrogen-bond acceptors (Lipinski definition) is 10. The molecule has 5 aromatic rings. The summed E-state index contributed by atoms with van der Waals surface area (Å²) in [7, 11) is 1.50. The van der Waals surface area contributed by atoms with Gasteiger partial charge in [-0.05, 0) is 128 Å². The summed E-state index contributed by atoms with van der Waals surface area (Å²) in [6.07, 6.45) is 6.60. The first kappa shape index (κ1) is 47.2. The number of rotatable bonds is 11. The average molecular weight is 940 g/mol. The van der Waals surface area contributed by atoms with Crippen molar-refractivity contribution in [3.8, 4) is 17.0 Å². The number of methoxy groups -OCH3 is 1. The zero-order valence-corrected chi connectivity index (χ0v) is 39.1. The van der Waals surface area contributed by atoms with E-state index in [9.17, 15) is 29.4 Å². The Morgan fingerprint density at radius 2 is 1.71 bits per heavy atom. The first-order chi connectivity index (χ1) is 33.0. The molecule has 4 aliphatic rings. The van der Waals surface area contributed by atoms with E-state index >= 15 is 8.78 Å². The number of imide groups is 1. The van der Waals surface area contributed by atoms with Crippen molar-refractivity contribution in [2.24, 2.45) is 11.3 Å². The summed E-state index contributed by atoms with van der Waals surface area (Å²) in [5.74, 6) is -2.18. The zero-order valence-electron chi connectivity index (χ0n) is 39.1. The molecule has 1 atom stereocenters. The highest BCUT2D eigenvalue weighted by molar-refractivity contribution is 6.07. The van der Waals surface area contributed by atoms with Crippen LogP contribution in [0.25, 0.3) is 22.9 Å². The van der Waals surface area contributed by atoms with E-state index in [1.807, 2.05) is 11.0 Å². The summed E-state index contributed by atoms with van der Waals surface area (Å²) in [5.41, 5.74) is 5.95. The SMILES string of the molecule is COc1ccc(C(=O)N2CCC3(CCN(Cc4ccc(C5=Cc6c(ncnc6-c6cc(F)cc(NC(=O)c7ccc(C(C)(C)O)cc7F)c6C)C5)cc4)CC3CO)CC2)cc1N1CCC(=O)NC1=O. The van der Waals surface area contributed by atoms with Gasteiger partial charge in [-0.15, -0.1) is 0 Å². The van der Waals surface area contributed by atoms with Crippen molar-refractivity contribution in [1.29, 1.82) is 0 Å². The molecule has 4 N–H and O–H groups in total. The second-order valence-electron chi connectivity index (χ2n) is 19.1. The van der Waals surface area contributed by atoms with Crippen LogP contribution in [0.5, 0.6) is 5.75 Å². The Bertz CT molecular complexity index is 2890. The number of allylic oxidation sites excluding steroid dienone is 1. The average Bonchev–Trinajstić information content (AvgIpc) is 3.78. The highest BCUT2D eigenvalue weighted by Crippen LogP contribution is 2.46. The fourth-order valence-corrected chi connectivity index (χ4v) is 10.3. The molecule has 4 heterocycles. The van der Waals surface area contributed by atoms with E-state index in [1.54, 1.807) is 25.1 Å². The van der Waals surface area contributed by atoms with Gasteiger partial charge in [-0.3, -0.25) is 29.5 Å². The summed E-state index contributed by atoms with van der Waals surface area (Å²) >= 11 is 0. The van der Waals surface area contributed by atoms with Crippen LogP contribution >= 0.6 is 0 Å². The Kier molecular flexibility index (Phi) is 12.9. The van der Waals surface area contributed by atoms with Crippen LogP contribution in [0.3, 0.4) is 0 Å². The van der Waals surface area contributed by atoms with E-state index in [0.29, 0.717) is 65.4 Å². The molecule has 4 aromatic carbocycles. The largest absolute Gasteiger partial charge is 0.495 e. The van der Waals surface area contributed by atoms with Crippen LogP contribution in [0.15, 0.2) is 79.1 Å². The van der Waals surface area contributed by atoms with E-state index in [2.05, 4.69) is 49.8 Å². The maximum Gasteiger partial charge on any atom is 0.328 e. The Balaban J connectivity index is 0.831. The fourth-order valence-electron chi connectivity index (χ4n) is 10.3. The van der Waals surface area contributed by atoms with Gasteiger partial charge < -0.3 is 25.2 Å². The number of carbonyl (C=O) groups is 4. The lowest BCUT2D eigenvalue weighted by Gasteiger charge is -2.51. The maximum absolute atomic E-state index is 15.3. The van der Waals surface area contributed by atoms with Gasteiger partial charge in [-0.2, -0.15) is 0 Å². The minimum atomic E-state index is -1.30. The molecular weight excluding hydrogens is 885 g/mol. The van der Waals surface area contributed by atoms with Gasteiger partial charge in [0.1, 0.15) is 23.7 Å². The number of amides is 5. The van der Waals surface area contributed by atoms with E-state index in [0.717, 1.165) is 66.4 Å². The van der Waals surface area contributed by atoms with Gasteiger partial charge in [0.2, 0.25) is 5.91 Å². The number of carbonyl (C=O) groups excluding carboxylic acids is 4. The summed E-state index contributed by atoms with van der Waals surface area (Å²) in [6, 6.07) is 19.3. The Labute approximate surface area is 399 Å². The summed E-state index contributed by atoms with van der Waals surface area (Å²) < 4.78 is 35.8. The lowest BCUT2D eigenvalue weighted by molar-refractivity contribution is -0.120. The number of aliphatic hydroxyl groups excluding tert-OH is 1. The molecule has 14 nitrogen and oxygen atoms in total. The standard InChI is InChI=1S/C53H55F2N7O7/c1-31-40(25-38(54)26-43(31)58-49(65)39-11-10-36(24-42(39)55)52(2,3)68)48-41-21-35(22-44(41)56-30-57-48)33-7-5-32(6-8-33)27-60-18-14-53(37(28-60)29-63)15-19-61(20-16-53)50(66)34-9-12-46(69-4)45(23-34)62-17-13-47(64)59-51(62)67/h5-12,21,23-26,30,37,63,68H,13-20,22,27-29H2,1-4H3,(H,58,65)(H,59,64,67). The predicted molar refractivity (Wildman–Crippen MR) is 256 cm³/mol. The molecule has 3 aliphatic heterocycles. The molecule has 9 rings (SSSR count). The van der Waals surface area contributed by atoms with Crippen molar-refractivity contribution < 1.29 is 42.9 Å². The molecule has 1 unspecified atom stereocenters. The van der Waals surface area contributed by atoms with E-state index in [4.69, 9.17) is 4.74 Å². The summed E-state index contributed by atoms with van der Waals surface area (Å²) in [4.78, 5) is 66.3. The number of hydrogen-bond donors (Lipinski definition) is 4. The number of anilines is 2. The second kappa shape index (κ2) is 18.9. The van der Waals surface area contributed by atoms with Crippen molar-refractivity contribution in [2.75, 3.05) is 56.7 Å². The number of likely N-dealkylation sites (tertiary alicyclic amines) is 2. The normalized spacial score (nSPS) is 18.2. The monoisotopic (exact) mass is 939 g/mol. The Morgan fingerprint density at radius 3 is 2.41 bits per heavy atom. The topological polar surface area (TPSA) is 178 Å². The number of aliphatic hydroxyl groups is 2. The number of fused-ring (bicyclic) bond motifs is 1. The molecule has 1 aliphatic carbocycles. The molecule has 5 amide bonds. The maximum atomic E-state index is 15.3. The Hall–Kier alpha value is -6.88. The number of ether oxygens (including phenoxy) is 1. The molecule has 1 spiro atoms. The van der Waals surface area contributed by atoms with Crippen molar-refractivity contribution in [2.45, 2.75) is 65.0 Å². The number of benzene rings is 4. The quantitative estimate of drug-likeness (QED) is 0.104. The third-order valence-corrected chi connectivity index (χ3v) is 14.5. The van der Waals surface area contributed by atoms with Gasteiger partial charge in [-0.1, -0.05) is 30.3 Å². The highest BCUT2D eigenvalue weighted by atomic mass is 19.1. The van der Waals surface area contributed by atoms with E-state index < -0.39 is 29.2 Å². The molecule has 3 saturated heterocycles. The lowest BCUT2D eigenvalue weighted by Crippen LogP contribution is -2.54. The summed E-state index contributed by atoms with van der Waals surface area (Å²) in [5, 5.41) is 26.0. The number of halogens is 2. The van der Waals surface area contributed by atoms with Crippen molar-refractivity contribution in [3.05, 3.63) is 135 Å². The lowest BCUT2D eigenvalue weighted by atomic mass is 9.64. The molecule has 16 heteroatoms. The predicted octanol–water partition coefficient (Wildman–Crippen LogP) is 7.50. The van der Waals surface area contributed by atoms with Gasteiger partial charge in [-0.25, -0.2) is 23.5 Å². The van der Waals surface area contributed by atoms with Crippen molar-refractivity contribution in [1.82, 2.24) is 25.1 Å². The number of urea groups is 1. The van der Waals surface area contributed by atoms with E-state index in [-0.39, 0.29) is 54.0 Å². The number of nitrogens with one attached hydrogen (secondary N) is 2. The molecule has 0 bridgehead atoms. The van der Waals surface area contributed by atoms with Crippen LogP contribution in [-0.4, -0.2) is 100 Å². The zero-order chi connectivity index (χ0) is 48.8. The molecule has 1 aromatic heterocycles. The number of piperidine rings is 2. The second-order valence-corrected chi connectivity index (χ2v) is 19.1. The van der Waals surface area contributed by atoms with Gasteiger partial charge >= 0.3 is 6.03 Å². The fraction of sp³-hybridized carbons (Fsp3) is 0.358. The van der Waals surface area contributed by atoms with Gasteiger partial charge in [0.25, 0.3) is 11.8 Å². The van der Waals surface area contributed by atoms with Gasteiger partial charge in [0.15, 0.2) is 0 Å². The Morgan fingerprint density at radius 1 is 0.957 bits per heavy atom. The molecule has 358 valence electrons. The van der Waals surface area contributed by atoms with Crippen LogP contribution in [0.1, 0.15) is 93.8 Å². The first-order valence-electron chi connectivity index (χ1n) is 23.2.